The first-order chi connectivity index (χ1) is 9.78. The van der Waals surface area contributed by atoms with Crippen LogP contribution in [0.2, 0.25) is 0 Å². The minimum absolute atomic E-state index is 0.167. The lowest BCUT2D eigenvalue weighted by molar-refractivity contribution is -0.122. The normalized spacial score (nSPS) is 17.1. The van der Waals surface area contributed by atoms with Crippen molar-refractivity contribution in [3.05, 3.63) is 35.9 Å². The van der Waals surface area contributed by atoms with Gasteiger partial charge in [0.2, 0.25) is 5.91 Å². The molecular weight excluding hydrogens is 250 g/mol. The van der Waals surface area contributed by atoms with Gasteiger partial charge in [0, 0.05) is 38.6 Å². The maximum absolute atomic E-state index is 11.7. The zero-order valence-electron chi connectivity index (χ0n) is 12.3. The molecule has 20 heavy (non-hydrogen) atoms. The average molecular weight is 275 g/mol. The molecule has 0 bridgehead atoms. The van der Waals surface area contributed by atoms with E-state index in [0.717, 1.165) is 39.0 Å². The fraction of sp³-hybridized carbons (Fsp3) is 0.562. The third-order valence-electron chi connectivity index (χ3n) is 3.80. The molecule has 0 unspecified atom stereocenters. The van der Waals surface area contributed by atoms with Gasteiger partial charge in [0.15, 0.2) is 0 Å². The molecule has 1 aliphatic heterocycles. The van der Waals surface area contributed by atoms with Crippen molar-refractivity contribution in [1.29, 1.82) is 0 Å². The Morgan fingerprint density at radius 3 is 2.60 bits per heavy atom. The van der Waals surface area contributed by atoms with Gasteiger partial charge in [0.1, 0.15) is 0 Å². The van der Waals surface area contributed by atoms with Crippen molar-refractivity contribution in [2.75, 3.05) is 26.7 Å². The quantitative estimate of drug-likeness (QED) is 0.824. The van der Waals surface area contributed by atoms with Crippen LogP contribution in [0.4, 0.5) is 0 Å². The molecule has 2 rings (SSSR count). The van der Waals surface area contributed by atoms with E-state index >= 15 is 0 Å². The summed E-state index contributed by atoms with van der Waals surface area (Å²) >= 11 is 0. The van der Waals surface area contributed by atoms with Gasteiger partial charge in [-0.15, -0.1) is 0 Å². The van der Waals surface area contributed by atoms with Crippen LogP contribution in [0.3, 0.4) is 0 Å². The van der Waals surface area contributed by atoms with E-state index in [4.69, 9.17) is 0 Å². The van der Waals surface area contributed by atoms with Gasteiger partial charge < -0.3 is 10.6 Å². The van der Waals surface area contributed by atoms with Crippen LogP contribution in [0.25, 0.3) is 0 Å². The summed E-state index contributed by atoms with van der Waals surface area (Å²) in [6.45, 7) is 3.89. The standard InChI is InChI=1S/C16H25N3O/c1-17-10-7-16(20)18-15-8-11-19(12-9-15)13-14-5-3-2-4-6-14/h2-6,15,17H,7-13H2,1H3,(H,18,20). The second kappa shape index (κ2) is 8.02. The van der Waals surface area contributed by atoms with Gasteiger partial charge in [-0.25, -0.2) is 0 Å². The van der Waals surface area contributed by atoms with Gasteiger partial charge in [-0.3, -0.25) is 9.69 Å². The molecule has 4 nitrogen and oxygen atoms in total. The van der Waals surface area contributed by atoms with Gasteiger partial charge >= 0.3 is 0 Å². The van der Waals surface area contributed by atoms with E-state index in [9.17, 15) is 4.79 Å². The molecule has 110 valence electrons. The number of nitrogens with zero attached hydrogens (tertiary/aromatic N) is 1. The molecule has 2 N–H and O–H groups in total. The van der Waals surface area contributed by atoms with E-state index in [2.05, 4.69) is 45.9 Å². The second-order valence-corrected chi connectivity index (χ2v) is 5.46. The maximum Gasteiger partial charge on any atom is 0.221 e. The lowest BCUT2D eigenvalue weighted by Crippen LogP contribution is -2.44. The van der Waals surface area contributed by atoms with E-state index in [1.54, 1.807) is 0 Å². The highest BCUT2D eigenvalue weighted by Gasteiger charge is 2.20. The molecule has 4 heteroatoms. The number of benzene rings is 1. The topological polar surface area (TPSA) is 44.4 Å². The molecule has 0 aliphatic carbocycles. The molecule has 0 radical (unpaired) electrons. The van der Waals surface area contributed by atoms with Gasteiger partial charge in [-0.05, 0) is 25.5 Å². The van der Waals surface area contributed by atoms with Crippen LogP contribution in [0.5, 0.6) is 0 Å². The van der Waals surface area contributed by atoms with Crippen LogP contribution in [0, 0.1) is 0 Å². The lowest BCUT2D eigenvalue weighted by Gasteiger charge is -2.32. The Morgan fingerprint density at radius 1 is 1.25 bits per heavy atom. The number of hydrogen-bond acceptors (Lipinski definition) is 3. The summed E-state index contributed by atoms with van der Waals surface area (Å²) in [5.41, 5.74) is 1.36. The molecule has 1 saturated heterocycles. The summed E-state index contributed by atoms with van der Waals surface area (Å²) < 4.78 is 0. The average Bonchev–Trinajstić information content (AvgIpc) is 2.48. The van der Waals surface area contributed by atoms with Crippen LogP contribution in [0.15, 0.2) is 30.3 Å². The molecule has 1 heterocycles. The second-order valence-electron chi connectivity index (χ2n) is 5.46. The summed E-state index contributed by atoms with van der Waals surface area (Å²) in [4.78, 5) is 14.1. The summed E-state index contributed by atoms with van der Waals surface area (Å²) in [5, 5.41) is 6.13. The first kappa shape index (κ1) is 15.0. The highest BCUT2D eigenvalue weighted by atomic mass is 16.1. The summed E-state index contributed by atoms with van der Waals surface area (Å²) in [5.74, 6) is 0.167. The molecule has 1 aliphatic rings. The zero-order valence-corrected chi connectivity index (χ0v) is 12.3. The first-order valence-electron chi connectivity index (χ1n) is 7.48. The molecule has 1 aromatic rings. The molecule has 0 spiro atoms. The van der Waals surface area contributed by atoms with Crippen LogP contribution >= 0.6 is 0 Å². The van der Waals surface area contributed by atoms with Crippen LogP contribution in [-0.2, 0) is 11.3 Å². The fourth-order valence-electron chi connectivity index (χ4n) is 2.62. The summed E-state index contributed by atoms with van der Waals surface area (Å²) in [6.07, 6.45) is 2.68. The van der Waals surface area contributed by atoms with Crippen molar-refractivity contribution in [1.82, 2.24) is 15.5 Å². The number of rotatable bonds is 6. The van der Waals surface area contributed by atoms with Crippen molar-refractivity contribution < 1.29 is 4.79 Å². The van der Waals surface area contributed by atoms with E-state index in [0.29, 0.717) is 12.5 Å². The molecule has 1 aromatic carbocycles. The lowest BCUT2D eigenvalue weighted by atomic mass is 10.0. The summed E-state index contributed by atoms with van der Waals surface area (Å²) in [6, 6.07) is 10.9. The SMILES string of the molecule is CNCCC(=O)NC1CCN(Cc2ccccc2)CC1. The van der Waals surface area contributed by atoms with Gasteiger partial charge in [0.25, 0.3) is 0 Å². The smallest absolute Gasteiger partial charge is 0.221 e. The number of nitrogens with one attached hydrogen (secondary N) is 2. The van der Waals surface area contributed by atoms with Crippen molar-refractivity contribution in [3.63, 3.8) is 0 Å². The zero-order chi connectivity index (χ0) is 14.2. The Bertz CT molecular complexity index is 399. The minimum Gasteiger partial charge on any atom is -0.353 e. The first-order valence-corrected chi connectivity index (χ1v) is 7.48. The van der Waals surface area contributed by atoms with E-state index in [1.807, 2.05) is 7.05 Å². The number of carbonyl (C=O) groups excluding carboxylic acids is 1. The van der Waals surface area contributed by atoms with Crippen molar-refractivity contribution >= 4 is 5.91 Å². The van der Waals surface area contributed by atoms with E-state index < -0.39 is 0 Å². The minimum atomic E-state index is 0.167. The Kier molecular flexibility index (Phi) is 6.02. The van der Waals surface area contributed by atoms with E-state index in [1.165, 1.54) is 5.56 Å². The largest absolute Gasteiger partial charge is 0.353 e. The van der Waals surface area contributed by atoms with Crippen LogP contribution in [-0.4, -0.2) is 43.5 Å². The Morgan fingerprint density at radius 2 is 1.95 bits per heavy atom. The molecule has 1 amide bonds. The Labute approximate surface area is 121 Å². The summed E-state index contributed by atoms with van der Waals surface area (Å²) in [7, 11) is 1.87. The van der Waals surface area contributed by atoms with Crippen LogP contribution < -0.4 is 10.6 Å². The molecule has 1 fully saturated rings. The van der Waals surface area contributed by atoms with Crippen molar-refractivity contribution in [2.24, 2.45) is 0 Å². The van der Waals surface area contributed by atoms with Gasteiger partial charge in [0.05, 0.1) is 0 Å². The number of piperidine rings is 1. The highest BCUT2D eigenvalue weighted by Crippen LogP contribution is 2.13. The predicted octanol–water partition coefficient (Wildman–Crippen LogP) is 1.38. The third kappa shape index (κ3) is 4.94. The molecule has 0 aromatic heterocycles. The highest BCUT2D eigenvalue weighted by molar-refractivity contribution is 5.76. The number of hydrogen-bond donors (Lipinski definition) is 2. The van der Waals surface area contributed by atoms with Crippen molar-refractivity contribution in [2.45, 2.75) is 31.8 Å². The molecule has 0 saturated carbocycles. The molecular formula is C16H25N3O. The van der Waals surface area contributed by atoms with Crippen molar-refractivity contribution in [3.8, 4) is 0 Å². The Balaban J connectivity index is 1.68. The third-order valence-corrected chi connectivity index (χ3v) is 3.80. The fourth-order valence-corrected chi connectivity index (χ4v) is 2.62. The predicted molar refractivity (Wildman–Crippen MR) is 81.4 cm³/mol. The number of amides is 1. The van der Waals surface area contributed by atoms with Gasteiger partial charge in [-0.1, -0.05) is 30.3 Å². The van der Waals surface area contributed by atoms with E-state index in [-0.39, 0.29) is 5.91 Å². The van der Waals surface area contributed by atoms with Gasteiger partial charge in [-0.2, -0.15) is 0 Å². The molecule has 0 atom stereocenters. The monoisotopic (exact) mass is 275 g/mol. The van der Waals surface area contributed by atoms with Crippen LogP contribution in [0.1, 0.15) is 24.8 Å². The maximum atomic E-state index is 11.7. The number of likely N-dealkylation sites (tertiary alicyclic amines) is 1. The number of carbonyl (C=O) groups is 1. The Hall–Kier alpha value is -1.39.